The Morgan fingerprint density at radius 1 is 1.07 bits per heavy atom. The summed E-state index contributed by atoms with van der Waals surface area (Å²) in [5.74, 6) is -0.314. The molecule has 68 valence electrons. The Balaban J connectivity index is 2.88. The fraction of sp³-hybridized carbons (Fsp3) is 0. The van der Waals surface area contributed by atoms with Gasteiger partial charge in [0.15, 0.2) is 0 Å². The highest BCUT2D eigenvalue weighted by molar-refractivity contribution is 5.93. The van der Waals surface area contributed by atoms with Gasteiger partial charge in [0.05, 0.1) is 5.69 Å². The Hall–Kier alpha value is -1.99. The van der Waals surface area contributed by atoms with Crippen molar-refractivity contribution in [1.82, 2.24) is 0 Å². The number of rotatable bonds is 1. The van der Waals surface area contributed by atoms with E-state index in [1.165, 1.54) is 18.2 Å². The molecule has 0 aliphatic carbocycles. The van der Waals surface area contributed by atoms with Crippen LogP contribution in [0.5, 0.6) is 0 Å². The van der Waals surface area contributed by atoms with Crippen molar-refractivity contribution < 1.29 is 9.18 Å². The molecule has 0 bridgehead atoms. The molecule has 14 heavy (non-hydrogen) atoms. The topological polar surface area (TPSA) is 29.4 Å². The molecule has 0 saturated heterocycles. The summed E-state index contributed by atoms with van der Waals surface area (Å²) in [7, 11) is 0. The molecule has 0 amide bonds. The van der Waals surface area contributed by atoms with Gasteiger partial charge in [-0.1, -0.05) is 24.3 Å². The first kappa shape index (κ1) is 8.60. The minimum Gasteiger partial charge on any atom is -0.211 e. The van der Waals surface area contributed by atoms with E-state index in [2.05, 4.69) is 4.99 Å². The van der Waals surface area contributed by atoms with Crippen molar-refractivity contribution in [2.45, 2.75) is 0 Å². The summed E-state index contributed by atoms with van der Waals surface area (Å²) in [5.41, 5.74) is 0.442. The molecule has 0 heterocycles. The number of aliphatic imine (C=N–C) groups is 1. The summed E-state index contributed by atoms with van der Waals surface area (Å²) in [6, 6.07) is 9.62. The van der Waals surface area contributed by atoms with Crippen molar-refractivity contribution in [3.63, 3.8) is 0 Å². The van der Waals surface area contributed by atoms with Gasteiger partial charge in [0.2, 0.25) is 6.08 Å². The van der Waals surface area contributed by atoms with Crippen LogP contribution in [0.2, 0.25) is 0 Å². The number of hydrogen-bond donors (Lipinski definition) is 0. The Labute approximate surface area is 79.7 Å². The van der Waals surface area contributed by atoms with Crippen LogP contribution in [0.3, 0.4) is 0 Å². The van der Waals surface area contributed by atoms with Crippen molar-refractivity contribution in [2.24, 2.45) is 4.99 Å². The maximum Gasteiger partial charge on any atom is 0.240 e. The molecule has 2 rings (SSSR count). The lowest BCUT2D eigenvalue weighted by Gasteiger charge is -2.00. The highest BCUT2D eigenvalue weighted by atomic mass is 19.1. The van der Waals surface area contributed by atoms with Crippen molar-refractivity contribution in [1.29, 1.82) is 0 Å². The molecule has 0 saturated carbocycles. The van der Waals surface area contributed by atoms with Gasteiger partial charge in [0.25, 0.3) is 0 Å². The molecule has 0 radical (unpaired) electrons. The van der Waals surface area contributed by atoms with E-state index in [-0.39, 0.29) is 5.82 Å². The number of halogens is 1. The maximum absolute atomic E-state index is 13.3. The highest BCUT2D eigenvalue weighted by Crippen LogP contribution is 2.27. The first-order valence-electron chi connectivity index (χ1n) is 4.08. The molecule has 0 spiro atoms. The number of fused-ring (bicyclic) bond motifs is 1. The predicted octanol–water partition coefficient (Wildman–Crippen LogP) is 2.95. The summed E-state index contributed by atoms with van der Waals surface area (Å²) in [6.07, 6.45) is 1.45. The van der Waals surface area contributed by atoms with Crippen molar-refractivity contribution >= 4 is 22.5 Å². The van der Waals surface area contributed by atoms with E-state index in [1.807, 2.05) is 0 Å². The summed E-state index contributed by atoms with van der Waals surface area (Å²) in [6.45, 7) is 0. The zero-order chi connectivity index (χ0) is 9.97. The fourth-order valence-electron chi connectivity index (χ4n) is 1.39. The number of benzene rings is 2. The molecular weight excluding hydrogens is 181 g/mol. The van der Waals surface area contributed by atoms with Crippen LogP contribution in [-0.4, -0.2) is 6.08 Å². The van der Waals surface area contributed by atoms with Gasteiger partial charge < -0.3 is 0 Å². The monoisotopic (exact) mass is 187 g/mol. The van der Waals surface area contributed by atoms with Crippen LogP contribution in [0.15, 0.2) is 41.4 Å². The molecule has 0 atom stereocenters. The van der Waals surface area contributed by atoms with E-state index in [1.54, 1.807) is 24.3 Å². The van der Waals surface area contributed by atoms with E-state index < -0.39 is 0 Å². The molecule has 2 nitrogen and oxygen atoms in total. The average molecular weight is 187 g/mol. The van der Waals surface area contributed by atoms with E-state index in [9.17, 15) is 9.18 Å². The van der Waals surface area contributed by atoms with E-state index >= 15 is 0 Å². The molecule has 0 N–H and O–H groups in total. The minimum atomic E-state index is -0.314. The van der Waals surface area contributed by atoms with Crippen molar-refractivity contribution in [3.05, 3.63) is 42.2 Å². The Bertz CT molecular complexity index is 530. The lowest BCUT2D eigenvalue weighted by Crippen LogP contribution is -1.79. The second-order valence-electron chi connectivity index (χ2n) is 2.82. The molecule has 3 heteroatoms. The van der Waals surface area contributed by atoms with Gasteiger partial charge in [-0.3, -0.25) is 0 Å². The highest BCUT2D eigenvalue weighted by Gasteiger charge is 2.03. The first-order chi connectivity index (χ1) is 6.83. The van der Waals surface area contributed by atoms with Gasteiger partial charge >= 0.3 is 0 Å². The van der Waals surface area contributed by atoms with Gasteiger partial charge in [0, 0.05) is 10.8 Å². The average Bonchev–Trinajstić information content (AvgIpc) is 2.23. The molecule has 0 aromatic heterocycles. The zero-order valence-corrected chi connectivity index (χ0v) is 7.20. The largest absolute Gasteiger partial charge is 0.240 e. The van der Waals surface area contributed by atoms with Crippen LogP contribution in [0.1, 0.15) is 0 Å². The molecule has 2 aromatic carbocycles. The number of isocyanates is 1. The van der Waals surface area contributed by atoms with E-state index in [4.69, 9.17) is 0 Å². The van der Waals surface area contributed by atoms with Crippen molar-refractivity contribution in [2.75, 3.05) is 0 Å². The van der Waals surface area contributed by atoms with Gasteiger partial charge in [-0.15, -0.1) is 0 Å². The molecule has 0 fully saturated rings. The molecule has 0 aliphatic heterocycles. The molecule has 2 aromatic rings. The quantitative estimate of drug-likeness (QED) is 0.498. The van der Waals surface area contributed by atoms with Crippen LogP contribution in [0, 0.1) is 5.82 Å². The minimum absolute atomic E-state index is 0.314. The van der Waals surface area contributed by atoms with Crippen LogP contribution in [-0.2, 0) is 4.79 Å². The third-order valence-electron chi connectivity index (χ3n) is 2.01. The SMILES string of the molecule is O=C=Nc1ccc(F)c2ccccc12. The van der Waals surface area contributed by atoms with Crippen molar-refractivity contribution in [3.8, 4) is 0 Å². The Morgan fingerprint density at radius 2 is 1.79 bits per heavy atom. The summed E-state index contributed by atoms with van der Waals surface area (Å²) in [4.78, 5) is 13.6. The molecular formula is C11H6FNO. The second-order valence-corrected chi connectivity index (χ2v) is 2.82. The molecule has 0 aliphatic rings. The van der Waals surface area contributed by atoms with Gasteiger partial charge in [-0.05, 0) is 12.1 Å². The summed E-state index contributed by atoms with van der Waals surface area (Å²) < 4.78 is 13.3. The smallest absolute Gasteiger partial charge is 0.211 e. The predicted molar refractivity (Wildman–Crippen MR) is 51.7 cm³/mol. The Kier molecular flexibility index (Phi) is 2.09. The zero-order valence-electron chi connectivity index (χ0n) is 7.20. The first-order valence-corrected chi connectivity index (χ1v) is 4.08. The van der Waals surface area contributed by atoms with Crippen LogP contribution >= 0.6 is 0 Å². The third kappa shape index (κ3) is 1.30. The third-order valence-corrected chi connectivity index (χ3v) is 2.01. The van der Waals surface area contributed by atoms with Gasteiger partial charge in [-0.25, -0.2) is 9.18 Å². The number of carbonyl (C=O) groups excluding carboxylic acids is 1. The summed E-state index contributed by atoms with van der Waals surface area (Å²) >= 11 is 0. The Morgan fingerprint density at radius 3 is 2.50 bits per heavy atom. The lowest BCUT2D eigenvalue weighted by molar-refractivity contribution is 0.565. The lowest BCUT2D eigenvalue weighted by atomic mass is 10.1. The normalized spacial score (nSPS) is 9.79. The van der Waals surface area contributed by atoms with Crippen LogP contribution in [0.25, 0.3) is 10.8 Å². The maximum atomic E-state index is 13.3. The van der Waals surface area contributed by atoms with Gasteiger partial charge in [0.1, 0.15) is 5.82 Å². The van der Waals surface area contributed by atoms with Gasteiger partial charge in [-0.2, -0.15) is 4.99 Å². The molecule has 0 unspecified atom stereocenters. The van der Waals surface area contributed by atoms with E-state index in [0.29, 0.717) is 16.5 Å². The summed E-state index contributed by atoms with van der Waals surface area (Å²) in [5, 5.41) is 1.08. The number of nitrogens with zero attached hydrogens (tertiary/aromatic N) is 1. The van der Waals surface area contributed by atoms with Crippen LogP contribution < -0.4 is 0 Å². The van der Waals surface area contributed by atoms with E-state index in [0.717, 1.165) is 0 Å². The fourth-order valence-corrected chi connectivity index (χ4v) is 1.39. The standard InChI is InChI=1S/C11H6FNO/c12-10-5-6-11(13-7-14)9-4-2-1-3-8(9)10/h1-6H. The second kappa shape index (κ2) is 3.40. The van der Waals surface area contributed by atoms with Crippen LogP contribution in [0.4, 0.5) is 10.1 Å². The number of hydrogen-bond acceptors (Lipinski definition) is 2.